The van der Waals surface area contributed by atoms with Gasteiger partial charge in [0.1, 0.15) is 11.6 Å². The van der Waals surface area contributed by atoms with E-state index in [4.69, 9.17) is 0 Å². The van der Waals surface area contributed by atoms with Crippen LogP contribution in [0.15, 0.2) is 36.4 Å². The lowest BCUT2D eigenvalue weighted by atomic mass is 9.97. The normalized spacial score (nSPS) is 17.1. The fraction of sp³-hybridized carbons (Fsp3) is 0.300. The summed E-state index contributed by atoms with van der Waals surface area (Å²) < 4.78 is 56.9. The highest BCUT2D eigenvalue weighted by Gasteiger charge is 2.41. The molecule has 4 nitrogen and oxygen atoms in total. The maximum Gasteiger partial charge on any atom is 0.419 e. The number of carbonyl (C=O) groups excluding carboxylic acids is 2. The molecule has 9 heteroatoms. The van der Waals surface area contributed by atoms with Gasteiger partial charge in [-0.3, -0.25) is 9.59 Å². The van der Waals surface area contributed by atoms with Gasteiger partial charge < -0.3 is 10.2 Å². The molecule has 3 rings (SSSR count). The van der Waals surface area contributed by atoms with Crippen molar-refractivity contribution >= 4 is 31.2 Å². The summed E-state index contributed by atoms with van der Waals surface area (Å²) in [5.41, 5.74) is -1.75. The third-order valence-electron chi connectivity index (χ3n) is 4.85. The van der Waals surface area contributed by atoms with E-state index in [-0.39, 0.29) is 18.5 Å². The summed E-state index contributed by atoms with van der Waals surface area (Å²) in [4.78, 5) is 23.9. The Balaban J connectivity index is 2.17. The van der Waals surface area contributed by atoms with Crippen molar-refractivity contribution in [1.29, 1.82) is 0 Å². The van der Waals surface area contributed by atoms with E-state index in [0.29, 0.717) is 12.0 Å². The van der Waals surface area contributed by atoms with Gasteiger partial charge in [0.25, 0.3) is 0 Å². The Bertz CT molecular complexity index is 947. The summed E-state index contributed by atoms with van der Waals surface area (Å²) in [6.45, 7) is 3.84. The minimum atomic E-state index is -4.95. The molecule has 2 amide bonds. The Morgan fingerprint density at radius 3 is 2.45 bits per heavy atom. The van der Waals surface area contributed by atoms with Crippen molar-refractivity contribution in [2.45, 2.75) is 18.6 Å². The van der Waals surface area contributed by atoms with Crippen LogP contribution >= 0.6 is 7.92 Å². The Morgan fingerprint density at radius 1 is 1.14 bits per heavy atom. The largest absolute Gasteiger partial charge is 0.419 e. The van der Waals surface area contributed by atoms with Gasteiger partial charge in [0, 0.05) is 6.54 Å². The fourth-order valence-corrected chi connectivity index (χ4v) is 4.58. The van der Waals surface area contributed by atoms with Gasteiger partial charge in [-0.2, -0.15) is 13.2 Å². The predicted octanol–water partition coefficient (Wildman–Crippen LogP) is 3.73. The molecule has 2 aromatic rings. The van der Waals surface area contributed by atoms with E-state index in [1.807, 2.05) is 13.3 Å². The maximum absolute atomic E-state index is 15.2. The molecular weight excluding hydrogens is 407 g/mol. The van der Waals surface area contributed by atoms with Crippen molar-refractivity contribution in [2.24, 2.45) is 0 Å². The molecular formula is C20H19F4N2O2P. The van der Waals surface area contributed by atoms with E-state index >= 15 is 4.39 Å². The molecule has 1 unspecified atom stereocenters. The second-order valence-electron chi connectivity index (χ2n) is 6.85. The number of halogens is 4. The van der Waals surface area contributed by atoms with E-state index in [1.54, 1.807) is 24.3 Å². The lowest BCUT2D eigenvalue weighted by molar-refractivity contribution is -0.139. The molecule has 0 spiro atoms. The summed E-state index contributed by atoms with van der Waals surface area (Å²) >= 11 is 0. The summed E-state index contributed by atoms with van der Waals surface area (Å²) in [5, 5.41) is 3.03. The number of rotatable bonds is 5. The molecule has 1 saturated heterocycles. The smallest absolute Gasteiger partial charge is 0.347 e. The van der Waals surface area contributed by atoms with Crippen LogP contribution in [0.2, 0.25) is 0 Å². The number of carbonyl (C=O) groups is 2. The predicted molar refractivity (Wildman–Crippen MR) is 105 cm³/mol. The van der Waals surface area contributed by atoms with Crippen molar-refractivity contribution < 1.29 is 27.2 Å². The Kier molecular flexibility index (Phi) is 5.94. The van der Waals surface area contributed by atoms with Crippen LogP contribution in [0.4, 0.5) is 23.2 Å². The highest BCUT2D eigenvalue weighted by atomic mass is 31.1. The van der Waals surface area contributed by atoms with Gasteiger partial charge in [-0.1, -0.05) is 38.3 Å². The number of hydrogen-bond acceptors (Lipinski definition) is 2. The molecule has 1 fully saturated rings. The molecule has 2 aromatic carbocycles. The van der Waals surface area contributed by atoms with Crippen molar-refractivity contribution in [3.05, 3.63) is 47.8 Å². The van der Waals surface area contributed by atoms with Gasteiger partial charge in [0.05, 0.1) is 5.69 Å². The third-order valence-corrected chi connectivity index (χ3v) is 6.20. The molecule has 154 valence electrons. The van der Waals surface area contributed by atoms with Crippen LogP contribution < -0.4 is 15.5 Å². The van der Waals surface area contributed by atoms with E-state index in [2.05, 4.69) is 5.32 Å². The zero-order chi connectivity index (χ0) is 21.3. The second-order valence-corrected chi connectivity index (χ2v) is 9.12. The average molecular weight is 426 g/mol. The molecule has 1 heterocycles. The summed E-state index contributed by atoms with van der Waals surface area (Å²) in [7, 11) is -0.727. The van der Waals surface area contributed by atoms with Crippen LogP contribution in [0.1, 0.15) is 12.0 Å². The van der Waals surface area contributed by atoms with Crippen molar-refractivity contribution in [2.75, 3.05) is 24.8 Å². The lowest BCUT2D eigenvalue weighted by Gasteiger charge is -2.23. The summed E-state index contributed by atoms with van der Waals surface area (Å²) in [6.07, 6.45) is -4.41. The van der Waals surface area contributed by atoms with E-state index < -0.39 is 43.1 Å². The number of hydrogen-bond donors (Lipinski definition) is 1. The van der Waals surface area contributed by atoms with Gasteiger partial charge in [0.15, 0.2) is 5.82 Å². The zero-order valence-electron chi connectivity index (χ0n) is 15.8. The van der Waals surface area contributed by atoms with Crippen LogP contribution in [-0.4, -0.2) is 38.2 Å². The molecule has 1 aliphatic heterocycles. The first-order chi connectivity index (χ1) is 13.7. The van der Waals surface area contributed by atoms with E-state index in [0.717, 1.165) is 10.2 Å². The van der Waals surface area contributed by atoms with Gasteiger partial charge in [0.2, 0.25) is 12.3 Å². The highest BCUT2D eigenvalue weighted by molar-refractivity contribution is 7.64. The SMILES string of the molecule is CP(C)c1ccccc1-c1ccc(N2CCC(NC=O)C2=O)c(F)c1C(F)(F)F. The van der Waals surface area contributed by atoms with Crippen LogP contribution in [0.3, 0.4) is 0 Å². The number of nitrogens with one attached hydrogen (secondary N) is 1. The van der Waals surface area contributed by atoms with Crippen LogP contribution in [-0.2, 0) is 15.8 Å². The van der Waals surface area contributed by atoms with E-state index in [9.17, 15) is 22.8 Å². The molecule has 29 heavy (non-hydrogen) atoms. The number of alkyl halides is 3. The molecule has 1 atom stereocenters. The minimum absolute atomic E-state index is 0.0176. The molecule has 0 saturated carbocycles. The maximum atomic E-state index is 15.2. The van der Waals surface area contributed by atoms with Gasteiger partial charge in [-0.05, 0) is 42.2 Å². The van der Waals surface area contributed by atoms with Gasteiger partial charge in [-0.15, -0.1) is 0 Å². The summed E-state index contributed by atoms with van der Waals surface area (Å²) in [5.74, 6) is -2.12. The zero-order valence-corrected chi connectivity index (χ0v) is 16.7. The van der Waals surface area contributed by atoms with Crippen LogP contribution in [0, 0.1) is 5.82 Å². The molecule has 0 bridgehead atoms. The Morgan fingerprint density at radius 2 is 1.83 bits per heavy atom. The molecule has 1 aliphatic rings. The quantitative estimate of drug-likeness (QED) is 0.450. The topological polar surface area (TPSA) is 49.4 Å². The van der Waals surface area contributed by atoms with Crippen LogP contribution in [0.25, 0.3) is 11.1 Å². The number of anilines is 1. The van der Waals surface area contributed by atoms with Crippen molar-refractivity contribution in [3.8, 4) is 11.1 Å². The molecule has 0 radical (unpaired) electrons. The first-order valence-corrected chi connectivity index (χ1v) is 11.1. The monoisotopic (exact) mass is 426 g/mol. The average Bonchev–Trinajstić information content (AvgIpc) is 3.01. The number of amides is 2. The fourth-order valence-electron chi connectivity index (χ4n) is 3.52. The van der Waals surface area contributed by atoms with Gasteiger partial charge >= 0.3 is 6.18 Å². The highest BCUT2D eigenvalue weighted by Crippen LogP contribution is 2.43. The molecule has 1 N–H and O–H groups in total. The van der Waals surface area contributed by atoms with Gasteiger partial charge in [-0.25, -0.2) is 4.39 Å². The van der Waals surface area contributed by atoms with Crippen molar-refractivity contribution in [1.82, 2.24) is 5.32 Å². The molecule has 0 aromatic heterocycles. The number of benzene rings is 2. The van der Waals surface area contributed by atoms with Crippen molar-refractivity contribution in [3.63, 3.8) is 0 Å². The Labute approximate surface area is 166 Å². The molecule has 0 aliphatic carbocycles. The first-order valence-electron chi connectivity index (χ1n) is 8.84. The standard InChI is InChI=1S/C20H19F4N2O2P/c1-29(2)16-6-4-3-5-12(16)13-7-8-15(18(21)17(13)20(22,23)24)26-10-9-14(19(26)28)25-11-27/h3-8,11,14H,9-10H2,1-2H3,(H,25,27). The number of nitrogens with zero attached hydrogens (tertiary/aromatic N) is 1. The second kappa shape index (κ2) is 8.11. The van der Waals surface area contributed by atoms with Crippen LogP contribution in [0.5, 0.6) is 0 Å². The minimum Gasteiger partial charge on any atom is -0.347 e. The summed E-state index contributed by atoms with van der Waals surface area (Å²) in [6, 6.07) is 8.19. The van der Waals surface area contributed by atoms with E-state index in [1.165, 1.54) is 12.1 Å². The third kappa shape index (κ3) is 3.99. The first kappa shape index (κ1) is 21.2. The lowest BCUT2D eigenvalue weighted by Crippen LogP contribution is -2.38. The Hall–Kier alpha value is -2.47.